The zero-order valence-electron chi connectivity index (χ0n) is 12.1. The van der Waals surface area contributed by atoms with Crippen LogP contribution in [-0.4, -0.2) is 28.8 Å². The third-order valence-electron chi connectivity index (χ3n) is 3.17. The van der Waals surface area contributed by atoms with Crippen molar-refractivity contribution in [1.82, 2.24) is 15.1 Å². The van der Waals surface area contributed by atoms with Crippen LogP contribution in [0.4, 0.5) is 0 Å². The Morgan fingerprint density at radius 2 is 2.00 bits per heavy atom. The van der Waals surface area contributed by atoms with Gasteiger partial charge in [0.05, 0.1) is 23.1 Å². The van der Waals surface area contributed by atoms with E-state index in [1.54, 1.807) is 10.9 Å². The number of nitrogens with one attached hydrogen (secondary N) is 1. The number of rotatable bonds is 6. The molecular formula is C15H21ClN4O. The number of hydrogen-bond acceptors (Lipinski definition) is 3. The number of para-hydroxylation sites is 1. The van der Waals surface area contributed by atoms with E-state index in [0.717, 1.165) is 24.2 Å². The van der Waals surface area contributed by atoms with Gasteiger partial charge in [0.2, 0.25) is 0 Å². The highest BCUT2D eigenvalue weighted by atomic mass is 35.5. The number of halogens is 1. The Hall–Kier alpha value is -1.85. The van der Waals surface area contributed by atoms with E-state index in [4.69, 9.17) is 5.73 Å². The third-order valence-corrected chi connectivity index (χ3v) is 3.17. The summed E-state index contributed by atoms with van der Waals surface area (Å²) in [5, 5.41) is 7.18. The van der Waals surface area contributed by atoms with E-state index in [9.17, 15) is 4.79 Å². The molecule has 1 aromatic carbocycles. The van der Waals surface area contributed by atoms with E-state index >= 15 is 0 Å². The zero-order valence-corrected chi connectivity index (χ0v) is 12.9. The standard InChI is InChI=1S/C15H20N4O.ClH/c1-12-14(15(20)17-10-6-5-9-16)11-18-19(12)13-7-3-2-4-8-13;/h2-4,7-8,11H,5-6,9-10,16H2,1H3,(H,17,20);1H. The maximum atomic E-state index is 12.1. The first-order chi connectivity index (χ1) is 9.74. The number of nitrogens with two attached hydrogens (primary N) is 1. The molecule has 3 N–H and O–H groups in total. The zero-order chi connectivity index (χ0) is 14.4. The fourth-order valence-electron chi connectivity index (χ4n) is 2.03. The maximum absolute atomic E-state index is 12.1. The summed E-state index contributed by atoms with van der Waals surface area (Å²) in [6.07, 6.45) is 3.43. The Labute approximate surface area is 130 Å². The summed E-state index contributed by atoms with van der Waals surface area (Å²) in [6.45, 7) is 3.20. The van der Waals surface area contributed by atoms with Gasteiger partial charge in [0, 0.05) is 6.54 Å². The van der Waals surface area contributed by atoms with Crippen LogP contribution in [0.2, 0.25) is 0 Å². The summed E-state index contributed by atoms with van der Waals surface area (Å²) in [4.78, 5) is 12.1. The number of aromatic nitrogens is 2. The van der Waals surface area contributed by atoms with Crippen molar-refractivity contribution in [3.05, 3.63) is 47.8 Å². The Morgan fingerprint density at radius 1 is 1.29 bits per heavy atom. The second-order valence-electron chi connectivity index (χ2n) is 4.64. The SMILES string of the molecule is Cc1c(C(=O)NCCCCN)cnn1-c1ccccc1.Cl. The minimum atomic E-state index is -0.0818. The van der Waals surface area contributed by atoms with E-state index in [1.165, 1.54) is 0 Å². The van der Waals surface area contributed by atoms with Crippen molar-refractivity contribution in [2.75, 3.05) is 13.1 Å². The van der Waals surface area contributed by atoms with Gasteiger partial charge >= 0.3 is 0 Å². The molecule has 1 heterocycles. The summed E-state index contributed by atoms with van der Waals surface area (Å²) in [5.74, 6) is -0.0818. The predicted octanol–water partition coefficient (Wildman–Crippen LogP) is 2.07. The quantitative estimate of drug-likeness (QED) is 0.802. The number of carbonyl (C=O) groups excluding carboxylic acids is 1. The van der Waals surface area contributed by atoms with E-state index in [2.05, 4.69) is 10.4 Å². The monoisotopic (exact) mass is 308 g/mol. The van der Waals surface area contributed by atoms with Crippen LogP contribution in [0, 0.1) is 6.92 Å². The molecule has 0 aliphatic heterocycles. The van der Waals surface area contributed by atoms with Gasteiger partial charge in [-0.1, -0.05) is 18.2 Å². The van der Waals surface area contributed by atoms with Crippen LogP contribution < -0.4 is 11.1 Å². The smallest absolute Gasteiger partial charge is 0.254 e. The molecule has 0 bridgehead atoms. The van der Waals surface area contributed by atoms with Crippen LogP contribution in [-0.2, 0) is 0 Å². The first kappa shape index (κ1) is 17.2. The molecular weight excluding hydrogens is 288 g/mol. The third kappa shape index (κ3) is 4.31. The van der Waals surface area contributed by atoms with Gasteiger partial charge in [-0.2, -0.15) is 5.10 Å². The normalized spacial score (nSPS) is 10.0. The molecule has 2 rings (SSSR count). The fourth-order valence-corrected chi connectivity index (χ4v) is 2.03. The Bertz CT molecular complexity index is 568. The molecule has 2 aromatic rings. The van der Waals surface area contributed by atoms with Crippen LogP contribution in [0.25, 0.3) is 5.69 Å². The Balaban J connectivity index is 0.00000220. The highest BCUT2D eigenvalue weighted by molar-refractivity contribution is 5.95. The van der Waals surface area contributed by atoms with Gasteiger partial charge in [0.25, 0.3) is 5.91 Å². The number of carbonyl (C=O) groups is 1. The second-order valence-corrected chi connectivity index (χ2v) is 4.64. The topological polar surface area (TPSA) is 72.9 Å². The lowest BCUT2D eigenvalue weighted by atomic mass is 10.2. The average Bonchev–Trinajstić information content (AvgIpc) is 2.86. The maximum Gasteiger partial charge on any atom is 0.254 e. The summed E-state index contributed by atoms with van der Waals surface area (Å²) in [5.41, 5.74) is 7.83. The number of unbranched alkanes of at least 4 members (excludes halogenated alkanes) is 1. The lowest BCUT2D eigenvalue weighted by Gasteiger charge is -2.06. The summed E-state index contributed by atoms with van der Waals surface area (Å²) < 4.78 is 1.77. The van der Waals surface area contributed by atoms with E-state index in [0.29, 0.717) is 18.7 Å². The first-order valence-corrected chi connectivity index (χ1v) is 6.82. The fraction of sp³-hybridized carbons (Fsp3) is 0.333. The molecule has 1 aromatic heterocycles. The van der Waals surface area contributed by atoms with Crippen molar-refractivity contribution in [1.29, 1.82) is 0 Å². The van der Waals surface area contributed by atoms with Crippen molar-refractivity contribution >= 4 is 18.3 Å². The van der Waals surface area contributed by atoms with Crippen LogP contribution in [0.5, 0.6) is 0 Å². The van der Waals surface area contributed by atoms with E-state index < -0.39 is 0 Å². The molecule has 0 saturated heterocycles. The van der Waals surface area contributed by atoms with Crippen molar-refractivity contribution in [3.8, 4) is 5.69 Å². The molecule has 0 spiro atoms. The van der Waals surface area contributed by atoms with Crippen molar-refractivity contribution in [2.45, 2.75) is 19.8 Å². The van der Waals surface area contributed by atoms with Crippen LogP contribution in [0.3, 0.4) is 0 Å². The predicted molar refractivity (Wildman–Crippen MR) is 86.2 cm³/mol. The molecule has 0 saturated carbocycles. The van der Waals surface area contributed by atoms with E-state index in [1.807, 2.05) is 37.3 Å². The molecule has 6 heteroatoms. The van der Waals surface area contributed by atoms with Gasteiger partial charge < -0.3 is 11.1 Å². The Kier molecular flexibility index (Phi) is 6.91. The molecule has 0 radical (unpaired) electrons. The molecule has 5 nitrogen and oxygen atoms in total. The van der Waals surface area contributed by atoms with Crippen molar-refractivity contribution in [2.24, 2.45) is 5.73 Å². The van der Waals surface area contributed by atoms with Gasteiger partial charge in [-0.15, -0.1) is 12.4 Å². The number of benzene rings is 1. The molecule has 1 amide bonds. The molecule has 0 unspecified atom stereocenters. The summed E-state index contributed by atoms with van der Waals surface area (Å²) in [7, 11) is 0. The van der Waals surface area contributed by atoms with Gasteiger partial charge in [0.15, 0.2) is 0 Å². The van der Waals surface area contributed by atoms with Crippen molar-refractivity contribution < 1.29 is 4.79 Å². The summed E-state index contributed by atoms with van der Waals surface area (Å²) in [6, 6.07) is 9.77. The molecule has 0 aliphatic carbocycles. The Morgan fingerprint density at radius 3 is 2.67 bits per heavy atom. The molecule has 21 heavy (non-hydrogen) atoms. The minimum absolute atomic E-state index is 0. The average molecular weight is 309 g/mol. The second kappa shape index (κ2) is 8.44. The summed E-state index contributed by atoms with van der Waals surface area (Å²) >= 11 is 0. The highest BCUT2D eigenvalue weighted by Crippen LogP contribution is 2.13. The van der Waals surface area contributed by atoms with Crippen LogP contribution in [0.1, 0.15) is 28.9 Å². The lowest BCUT2D eigenvalue weighted by molar-refractivity contribution is 0.0952. The van der Waals surface area contributed by atoms with Crippen LogP contribution in [0.15, 0.2) is 36.5 Å². The highest BCUT2D eigenvalue weighted by Gasteiger charge is 2.14. The van der Waals surface area contributed by atoms with Gasteiger partial charge in [-0.3, -0.25) is 4.79 Å². The number of hydrogen-bond donors (Lipinski definition) is 2. The number of amides is 1. The molecule has 114 valence electrons. The molecule has 0 fully saturated rings. The molecule has 0 atom stereocenters. The van der Waals surface area contributed by atoms with Gasteiger partial charge in [0.1, 0.15) is 0 Å². The first-order valence-electron chi connectivity index (χ1n) is 6.82. The van der Waals surface area contributed by atoms with Gasteiger partial charge in [-0.05, 0) is 38.4 Å². The number of nitrogens with zero attached hydrogens (tertiary/aromatic N) is 2. The van der Waals surface area contributed by atoms with Gasteiger partial charge in [-0.25, -0.2) is 4.68 Å². The van der Waals surface area contributed by atoms with Crippen LogP contribution >= 0.6 is 12.4 Å². The molecule has 0 aliphatic rings. The largest absolute Gasteiger partial charge is 0.352 e. The lowest BCUT2D eigenvalue weighted by Crippen LogP contribution is -2.25. The van der Waals surface area contributed by atoms with E-state index in [-0.39, 0.29) is 18.3 Å². The minimum Gasteiger partial charge on any atom is -0.352 e. The van der Waals surface area contributed by atoms with Crippen molar-refractivity contribution in [3.63, 3.8) is 0 Å².